The molecule has 2 saturated heterocycles. The molecular weight excluding hydrogens is 379 g/mol. The summed E-state index contributed by atoms with van der Waals surface area (Å²) in [5, 5.41) is 0. The number of rotatable bonds is 4. The lowest BCUT2D eigenvalue weighted by atomic mass is 10.1. The van der Waals surface area contributed by atoms with Crippen molar-refractivity contribution in [1.82, 2.24) is 14.8 Å². The molecule has 25 heavy (non-hydrogen) atoms. The lowest BCUT2D eigenvalue weighted by Crippen LogP contribution is -2.58. The van der Waals surface area contributed by atoms with Crippen molar-refractivity contribution in [3.63, 3.8) is 0 Å². The Bertz CT molecular complexity index is 707. The predicted molar refractivity (Wildman–Crippen MR) is 87.0 cm³/mol. The topological polar surface area (TPSA) is 62.7 Å². The van der Waals surface area contributed by atoms with Gasteiger partial charge in [0.25, 0.3) is 0 Å². The fourth-order valence-electron chi connectivity index (χ4n) is 2.31. The molecule has 3 rings (SSSR count). The zero-order valence-electron chi connectivity index (χ0n) is 12.7. The smallest absolute Gasteiger partial charge is 0.416 e. The summed E-state index contributed by atoms with van der Waals surface area (Å²) in [6.45, 7) is 0.316. The third-order valence-corrected chi connectivity index (χ3v) is 5.12. The second kappa shape index (κ2) is 6.79. The summed E-state index contributed by atoms with van der Waals surface area (Å²) in [6, 6.07) is 1.68. The Kier molecular flexibility index (Phi) is 4.87. The van der Waals surface area contributed by atoms with Crippen LogP contribution in [0.2, 0.25) is 0 Å². The summed E-state index contributed by atoms with van der Waals surface area (Å²) in [7, 11) is 0. The number of likely N-dealkylation sites (tertiary alicyclic amines) is 1. The Labute approximate surface area is 150 Å². The van der Waals surface area contributed by atoms with Crippen molar-refractivity contribution in [2.75, 3.05) is 25.4 Å². The highest BCUT2D eigenvalue weighted by atomic mass is 32.2. The van der Waals surface area contributed by atoms with Crippen LogP contribution in [-0.2, 0) is 15.8 Å². The molecule has 2 aliphatic rings. The van der Waals surface area contributed by atoms with E-state index in [0.29, 0.717) is 4.32 Å². The molecule has 3 heterocycles. The average Bonchev–Trinajstić information content (AvgIpc) is 2.81. The molecule has 0 aliphatic carbocycles. The van der Waals surface area contributed by atoms with Gasteiger partial charge in [-0.1, -0.05) is 24.0 Å². The van der Waals surface area contributed by atoms with Crippen molar-refractivity contribution in [3.05, 3.63) is 23.9 Å². The fourth-order valence-corrected chi connectivity index (χ4v) is 3.37. The summed E-state index contributed by atoms with van der Waals surface area (Å²) >= 11 is 6.21. The van der Waals surface area contributed by atoms with Gasteiger partial charge in [0.15, 0.2) is 0 Å². The largest absolute Gasteiger partial charge is 0.471 e. The van der Waals surface area contributed by atoms with Crippen LogP contribution in [0.4, 0.5) is 13.2 Å². The number of carbonyl (C=O) groups excluding carboxylic acids is 2. The number of hydrogen-bond donors (Lipinski definition) is 0. The van der Waals surface area contributed by atoms with Gasteiger partial charge in [0, 0.05) is 12.3 Å². The van der Waals surface area contributed by atoms with E-state index >= 15 is 0 Å². The van der Waals surface area contributed by atoms with E-state index in [1.807, 2.05) is 0 Å². The normalized spacial score (nSPS) is 18.5. The first-order valence-corrected chi connectivity index (χ1v) is 8.58. The Morgan fingerprint density at radius 3 is 2.76 bits per heavy atom. The second-order valence-electron chi connectivity index (χ2n) is 5.45. The van der Waals surface area contributed by atoms with Crippen molar-refractivity contribution in [2.24, 2.45) is 0 Å². The first-order valence-electron chi connectivity index (χ1n) is 7.19. The zero-order chi connectivity index (χ0) is 18.2. The van der Waals surface area contributed by atoms with Crippen LogP contribution in [0.15, 0.2) is 18.3 Å². The van der Waals surface area contributed by atoms with Crippen molar-refractivity contribution >= 4 is 40.1 Å². The highest BCUT2D eigenvalue weighted by molar-refractivity contribution is 8.23. The summed E-state index contributed by atoms with van der Waals surface area (Å²) in [5.74, 6) is -0.391. The molecule has 0 aromatic carbocycles. The van der Waals surface area contributed by atoms with Crippen molar-refractivity contribution in [2.45, 2.75) is 12.3 Å². The SMILES string of the molecule is O=C(CN1C(=O)CSC1=S)N1CC(Oc2cc(C(F)(F)F)ccn2)C1. The zero-order valence-corrected chi connectivity index (χ0v) is 14.3. The first-order chi connectivity index (χ1) is 11.7. The maximum atomic E-state index is 12.6. The van der Waals surface area contributed by atoms with E-state index in [0.717, 1.165) is 18.3 Å². The molecule has 2 amide bonds. The van der Waals surface area contributed by atoms with Crippen LogP contribution < -0.4 is 4.74 Å². The highest BCUT2D eigenvalue weighted by Crippen LogP contribution is 2.31. The Hall–Kier alpha value is -1.88. The molecule has 1 aromatic rings. The summed E-state index contributed by atoms with van der Waals surface area (Å²) in [4.78, 5) is 30.1. The number of thioether (sulfide) groups is 1. The fraction of sp³-hybridized carbons (Fsp3) is 0.429. The lowest BCUT2D eigenvalue weighted by molar-refractivity contribution is -0.143. The van der Waals surface area contributed by atoms with Crippen LogP contribution >= 0.6 is 24.0 Å². The van der Waals surface area contributed by atoms with E-state index in [-0.39, 0.29) is 43.1 Å². The molecule has 0 atom stereocenters. The standard InChI is InChI=1S/C14H12F3N3O3S2/c15-14(16,17)8-1-2-18-10(3-8)23-9-4-19(5-9)11(21)6-20-12(22)7-25-13(20)24/h1-3,9H,4-7H2. The quantitative estimate of drug-likeness (QED) is 0.726. The Morgan fingerprint density at radius 1 is 1.44 bits per heavy atom. The van der Waals surface area contributed by atoms with E-state index in [1.165, 1.54) is 21.6 Å². The minimum absolute atomic E-state index is 0.126. The van der Waals surface area contributed by atoms with E-state index in [1.54, 1.807) is 0 Å². The number of amides is 2. The summed E-state index contributed by atoms with van der Waals surface area (Å²) < 4.78 is 43.7. The van der Waals surface area contributed by atoms with Crippen LogP contribution in [0, 0.1) is 0 Å². The van der Waals surface area contributed by atoms with Gasteiger partial charge < -0.3 is 9.64 Å². The number of halogens is 3. The van der Waals surface area contributed by atoms with Gasteiger partial charge in [-0.2, -0.15) is 13.2 Å². The number of ether oxygens (including phenoxy) is 1. The number of carbonyl (C=O) groups is 2. The molecule has 0 unspecified atom stereocenters. The van der Waals surface area contributed by atoms with E-state index in [9.17, 15) is 22.8 Å². The molecule has 6 nitrogen and oxygen atoms in total. The molecule has 11 heteroatoms. The number of thiocarbonyl (C=S) groups is 1. The molecule has 2 fully saturated rings. The van der Waals surface area contributed by atoms with E-state index < -0.39 is 17.8 Å². The third kappa shape index (κ3) is 4.03. The molecule has 0 saturated carbocycles. The molecule has 0 N–H and O–H groups in total. The lowest BCUT2D eigenvalue weighted by Gasteiger charge is -2.39. The van der Waals surface area contributed by atoms with Crippen molar-refractivity contribution in [3.8, 4) is 5.88 Å². The number of pyridine rings is 1. The molecular formula is C14H12F3N3O3S2. The number of hydrogen-bond acceptors (Lipinski definition) is 6. The van der Waals surface area contributed by atoms with Gasteiger partial charge in [0.1, 0.15) is 17.0 Å². The van der Waals surface area contributed by atoms with Crippen molar-refractivity contribution in [1.29, 1.82) is 0 Å². The molecule has 0 spiro atoms. The van der Waals surface area contributed by atoms with Crippen LogP contribution in [-0.4, -0.2) is 62.4 Å². The molecule has 134 valence electrons. The van der Waals surface area contributed by atoms with Gasteiger partial charge in [0.05, 0.1) is 24.4 Å². The number of alkyl halides is 3. The molecule has 0 bridgehead atoms. The van der Waals surface area contributed by atoms with Gasteiger partial charge in [-0.05, 0) is 6.07 Å². The van der Waals surface area contributed by atoms with E-state index in [2.05, 4.69) is 4.98 Å². The van der Waals surface area contributed by atoms with E-state index in [4.69, 9.17) is 17.0 Å². The maximum Gasteiger partial charge on any atom is 0.416 e. The third-order valence-electron chi connectivity index (χ3n) is 3.68. The van der Waals surface area contributed by atoms with Gasteiger partial charge >= 0.3 is 6.18 Å². The first kappa shape index (κ1) is 17.9. The molecule has 2 aliphatic heterocycles. The van der Waals surface area contributed by atoms with Crippen LogP contribution in [0.3, 0.4) is 0 Å². The highest BCUT2D eigenvalue weighted by Gasteiger charge is 2.37. The van der Waals surface area contributed by atoms with Crippen LogP contribution in [0.1, 0.15) is 5.56 Å². The van der Waals surface area contributed by atoms with Gasteiger partial charge in [-0.25, -0.2) is 4.98 Å². The van der Waals surface area contributed by atoms with Gasteiger partial charge in [-0.15, -0.1) is 0 Å². The summed E-state index contributed by atoms with van der Waals surface area (Å²) in [6.07, 6.45) is -3.88. The summed E-state index contributed by atoms with van der Waals surface area (Å²) in [5.41, 5.74) is -0.844. The number of nitrogens with zero attached hydrogens (tertiary/aromatic N) is 3. The van der Waals surface area contributed by atoms with Crippen molar-refractivity contribution < 1.29 is 27.5 Å². The molecule has 0 radical (unpaired) electrons. The maximum absolute atomic E-state index is 12.6. The van der Waals surface area contributed by atoms with Crippen LogP contribution in [0.25, 0.3) is 0 Å². The predicted octanol–water partition coefficient (Wildman–Crippen LogP) is 1.55. The van der Waals surface area contributed by atoms with Gasteiger partial charge in [0.2, 0.25) is 17.7 Å². The minimum atomic E-state index is -4.47. The Balaban J connectivity index is 1.50. The average molecular weight is 391 g/mol. The molecule has 1 aromatic heterocycles. The number of aromatic nitrogens is 1. The minimum Gasteiger partial charge on any atom is -0.471 e. The second-order valence-corrected chi connectivity index (χ2v) is 7.06. The monoisotopic (exact) mass is 391 g/mol. The van der Waals surface area contributed by atoms with Crippen LogP contribution in [0.5, 0.6) is 5.88 Å². The van der Waals surface area contributed by atoms with Gasteiger partial charge in [-0.3, -0.25) is 14.5 Å². The Morgan fingerprint density at radius 2 is 2.16 bits per heavy atom.